The van der Waals surface area contributed by atoms with Crippen molar-refractivity contribution in [2.45, 2.75) is 132 Å². The lowest BCUT2D eigenvalue weighted by Gasteiger charge is -2.43. The number of aliphatic hydroxyl groups excluding tert-OH is 3. The number of primary amides is 1. The molecule has 0 spiro atoms. The number of carbonyl (C=O) groups excluding carboxylic acids is 5. The normalized spacial score (nSPS) is 25.1. The lowest BCUT2D eigenvalue weighted by atomic mass is 9.95. The Kier molecular flexibility index (Phi) is 21.4. The summed E-state index contributed by atoms with van der Waals surface area (Å²) in [6.07, 6.45) is -5.76. The van der Waals surface area contributed by atoms with Gasteiger partial charge in [-0.1, -0.05) is 0 Å². The first kappa shape index (κ1) is 48.7. The van der Waals surface area contributed by atoms with Gasteiger partial charge in [0.1, 0.15) is 31.0 Å². The van der Waals surface area contributed by atoms with Crippen LogP contribution < -0.4 is 60.6 Å². The number of nitrogens with two attached hydrogens (primary N) is 5. The third-order valence-electron chi connectivity index (χ3n) is 9.20. The number of hydrogen-bond acceptors (Lipinski definition) is 18. The van der Waals surface area contributed by atoms with E-state index in [1.807, 2.05) is 0 Å². The molecule has 0 aliphatic carbocycles. The minimum atomic E-state index is -1.75. The van der Waals surface area contributed by atoms with Gasteiger partial charge in [0.2, 0.25) is 23.6 Å². The molecule has 0 aromatic rings. The smallest absolute Gasteiger partial charge is 0.404 e. The predicted octanol–water partition coefficient (Wildman–Crippen LogP) is -6.44. The molecule has 20 N–H and O–H groups in total. The molecule has 326 valence electrons. The van der Waals surface area contributed by atoms with Crippen molar-refractivity contribution in [2.24, 2.45) is 33.7 Å². The lowest BCUT2D eigenvalue weighted by Crippen LogP contribution is -2.69. The number of aliphatic hydroxyl groups is 3. The van der Waals surface area contributed by atoms with Gasteiger partial charge in [0.25, 0.3) is 0 Å². The zero-order valence-electron chi connectivity index (χ0n) is 32.1. The molecule has 24 heteroatoms. The molecule has 11 atom stereocenters. The van der Waals surface area contributed by atoms with E-state index in [1.54, 1.807) is 0 Å². The number of aliphatic imine (C=N–C) groups is 1. The standard InChI is InChI=1S/C33H62N12O12/c1-16(46)41-19(7-4-10-40-23(49)12-18(37)6-3-9-39-22(48)11-17(36)5-2-8-34)13-24(50)42-27-29(52)28(51)21(15-56-32(38)55)57-30(27)45-33-43-25(20(47)14-35)26(44-33)31(53)54/h17-21,25-30,47,51-52H,2-15,34-37H2,1H3,(H2,38,55)(H,39,48)(H,40,49)(H,41,46)(H,42,50)(H,53,54)(H2,43,44,45)/t17-,18-,19-,20+,21?,25+,26-,27?,28?,29?,30?/m0/s1. The maximum Gasteiger partial charge on any atom is 0.404 e. The van der Waals surface area contributed by atoms with Crippen LogP contribution >= 0.6 is 0 Å². The summed E-state index contributed by atoms with van der Waals surface area (Å²) in [7, 11) is 0. The van der Waals surface area contributed by atoms with Gasteiger partial charge in [0.05, 0.1) is 12.1 Å². The molecule has 2 heterocycles. The Bertz CT molecular complexity index is 1360. The summed E-state index contributed by atoms with van der Waals surface area (Å²) < 4.78 is 10.5. The summed E-state index contributed by atoms with van der Waals surface area (Å²) in [6, 6.07) is -5.47. The summed E-state index contributed by atoms with van der Waals surface area (Å²) in [4.78, 5) is 76.8. The van der Waals surface area contributed by atoms with Crippen molar-refractivity contribution in [1.82, 2.24) is 31.9 Å². The molecule has 0 aromatic carbocycles. The first-order valence-electron chi connectivity index (χ1n) is 18.9. The second-order valence-electron chi connectivity index (χ2n) is 14.1. The largest absolute Gasteiger partial charge is 0.480 e. The zero-order valence-corrected chi connectivity index (χ0v) is 32.1. The molecular weight excluding hydrogens is 756 g/mol. The van der Waals surface area contributed by atoms with Gasteiger partial charge < -0.3 is 90.5 Å². The van der Waals surface area contributed by atoms with E-state index in [0.717, 1.165) is 6.42 Å². The highest BCUT2D eigenvalue weighted by Crippen LogP contribution is 2.22. The quantitative estimate of drug-likeness (QED) is 0.0381. The zero-order chi connectivity index (χ0) is 42.7. The Morgan fingerprint density at radius 2 is 1.49 bits per heavy atom. The molecule has 0 aromatic heterocycles. The van der Waals surface area contributed by atoms with Gasteiger partial charge in [0, 0.05) is 63.9 Å². The topological polar surface area (TPSA) is 416 Å². The van der Waals surface area contributed by atoms with E-state index in [1.165, 1.54) is 6.92 Å². The second-order valence-corrected chi connectivity index (χ2v) is 14.1. The summed E-state index contributed by atoms with van der Waals surface area (Å²) in [5.74, 6) is -3.18. The van der Waals surface area contributed by atoms with Gasteiger partial charge in [-0.3, -0.25) is 19.2 Å². The van der Waals surface area contributed by atoms with Gasteiger partial charge >= 0.3 is 12.1 Å². The van der Waals surface area contributed by atoms with E-state index < -0.39 is 91.3 Å². The summed E-state index contributed by atoms with van der Waals surface area (Å²) in [5.41, 5.74) is 28.0. The lowest BCUT2D eigenvalue weighted by molar-refractivity contribution is -0.198. The number of nitrogens with one attached hydrogen (secondary N) is 6. The first-order valence-corrected chi connectivity index (χ1v) is 18.9. The van der Waals surface area contributed by atoms with Crippen molar-refractivity contribution in [3.63, 3.8) is 0 Å². The number of nitrogens with zero attached hydrogens (tertiary/aromatic N) is 1. The van der Waals surface area contributed by atoms with E-state index in [-0.39, 0.29) is 62.6 Å². The van der Waals surface area contributed by atoms with E-state index in [0.29, 0.717) is 38.8 Å². The van der Waals surface area contributed by atoms with Crippen LogP contribution in [0.25, 0.3) is 0 Å². The van der Waals surface area contributed by atoms with Crippen molar-refractivity contribution < 1.29 is 58.7 Å². The van der Waals surface area contributed by atoms with Crippen LogP contribution in [-0.4, -0.2) is 162 Å². The van der Waals surface area contributed by atoms with Crippen molar-refractivity contribution >= 4 is 41.7 Å². The Labute approximate surface area is 330 Å². The molecule has 1 saturated heterocycles. The molecular formula is C33H62N12O12. The number of rotatable bonds is 25. The highest BCUT2D eigenvalue weighted by Gasteiger charge is 2.47. The van der Waals surface area contributed by atoms with Gasteiger partial charge in [-0.15, -0.1) is 0 Å². The van der Waals surface area contributed by atoms with E-state index in [9.17, 15) is 49.2 Å². The predicted molar refractivity (Wildman–Crippen MR) is 202 cm³/mol. The van der Waals surface area contributed by atoms with Gasteiger partial charge in [-0.25, -0.2) is 14.6 Å². The number of hydrogen-bond donors (Lipinski definition) is 15. The number of ether oxygens (including phenoxy) is 2. The molecule has 5 amide bonds. The number of amides is 5. The number of carboxylic acid groups (broad SMARTS) is 1. The minimum Gasteiger partial charge on any atom is -0.480 e. The van der Waals surface area contributed by atoms with Crippen molar-refractivity contribution in [2.75, 3.05) is 32.8 Å². The number of aliphatic carboxylic acids is 1. The van der Waals surface area contributed by atoms with Crippen LogP contribution in [0.15, 0.2) is 4.99 Å². The molecule has 0 saturated carbocycles. The van der Waals surface area contributed by atoms with E-state index in [4.69, 9.17) is 38.1 Å². The Balaban J connectivity index is 1.94. The van der Waals surface area contributed by atoms with Crippen LogP contribution in [0.1, 0.15) is 64.7 Å². The molecule has 2 aliphatic rings. The third-order valence-corrected chi connectivity index (χ3v) is 9.20. The average molecular weight is 819 g/mol. The number of guanidine groups is 1. The van der Waals surface area contributed by atoms with Crippen molar-refractivity contribution in [1.29, 1.82) is 0 Å². The monoisotopic (exact) mass is 818 g/mol. The number of carboxylic acids is 1. The molecule has 1 fully saturated rings. The van der Waals surface area contributed by atoms with Crippen LogP contribution in [0.5, 0.6) is 0 Å². The molecule has 57 heavy (non-hydrogen) atoms. The fourth-order valence-corrected chi connectivity index (χ4v) is 6.28. The van der Waals surface area contributed by atoms with Crippen molar-refractivity contribution in [3.05, 3.63) is 0 Å². The molecule has 2 rings (SSSR count). The maximum absolute atomic E-state index is 13.3. The van der Waals surface area contributed by atoms with E-state index in [2.05, 4.69) is 36.9 Å². The average Bonchev–Trinajstić information content (AvgIpc) is 3.57. The van der Waals surface area contributed by atoms with Gasteiger partial charge in [0.15, 0.2) is 18.2 Å². The number of carbonyl (C=O) groups is 6. The van der Waals surface area contributed by atoms with Crippen LogP contribution in [0.3, 0.4) is 0 Å². The third kappa shape index (κ3) is 17.7. The molecule has 0 radical (unpaired) electrons. The SMILES string of the molecule is CC(=O)N[C@@H](CCCNC(=O)C[C@@H](N)CCCNC(=O)C[C@@H](N)CCCN)CC(=O)NC1C(NC2=N[C@H](C(=O)O)[C@@H]([C@H](O)CN)N2)OC(COC(N)=O)C(O)C1O. The van der Waals surface area contributed by atoms with Gasteiger partial charge in [-0.05, 0) is 45.1 Å². The van der Waals surface area contributed by atoms with Crippen LogP contribution in [-0.2, 0) is 33.4 Å². The van der Waals surface area contributed by atoms with Crippen LogP contribution in [0.2, 0.25) is 0 Å². The Hall–Kier alpha value is -4.43. The summed E-state index contributed by atoms with van der Waals surface area (Å²) in [5, 5.41) is 57.9. The molecule has 2 aliphatic heterocycles. The van der Waals surface area contributed by atoms with Gasteiger partial charge in [-0.2, -0.15) is 0 Å². The highest BCUT2D eigenvalue weighted by atomic mass is 16.6. The molecule has 24 nitrogen and oxygen atoms in total. The molecule has 0 bridgehead atoms. The molecule has 5 unspecified atom stereocenters. The summed E-state index contributed by atoms with van der Waals surface area (Å²) in [6.45, 7) is 1.48. The fraction of sp³-hybridized carbons (Fsp3) is 0.788. The Morgan fingerprint density at radius 3 is 2.04 bits per heavy atom. The van der Waals surface area contributed by atoms with E-state index >= 15 is 0 Å². The van der Waals surface area contributed by atoms with Crippen molar-refractivity contribution in [3.8, 4) is 0 Å². The van der Waals surface area contributed by atoms with Crippen LogP contribution in [0, 0.1) is 0 Å². The Morgan fingerprint density at radius 1 is 0.895 bits per heavy atom. The second kappa shape index (κ2) is 25.0. The maximum atomic E-state index is 13.3. The minimum absolute atomic E-state index is 0.0466. The summed E-state index contributed by atoms with van der Waals surface area (Å²) >= 11 is 0. The van der Waals surface area contributed by atoms with Crippen LogP contribution in [0.4, 0.5) is 4.79 Å². The first-order chi connectivity index (χ1) is 26.9. The highest BCUT2D eigenvalue weighted by molar-refractivity contribution is 5.89. The fourth-order valence-electron chi connectivity index (χ4n) is 6.28.